The van der Waals surface area contributed by atoms with Gasteiger partial charge in [-0.05, 0) is 30.5 Å². The van der Waals surface area contributed by atoms with E-state index in [0.717, 1.165) is 24.8 Å². The number of rotatable bonds is 6. The summed E-state index contributed by atoms with van der Waals surface area (Å²) >= 11 is 0. The van der Waals surface area contributed by atoms with Gasteiger partial charge in [-0.1, -0.05) is 36.8 Å². The molecule has 1 saturated heterocycles. The third-order valence-electron chi connectivity index (χ3n) is 5.57. The largest absolute Gasteiger partial charge is 0.420 e. The van der Waals surface area contributed by atoms with Crippen molar-refractivity contribution in [3.8, 4) is 0 Å². The van der Waals surface area contributed by atoms with E-state index in [-0.39, 0.29) is 22.9 Å². The molecular formula is C22H25N3O5S. The molecule has 1 fully saturated rings. The lowest BCUT2D eigenvalue weighted by molar-refractivity contribution is -0.131. The van der Waals surface area contributed by atoms with Crippen LogP contribution in [-0.4, -0.2) is 48.2 Å². The van der Waals surface area contributed by atoms with Gasteiger partial charge in [0.25, 0.3) is 0 Å². The fraction of sp³-hybridized carbons (Fsp3) is 0.364. The first-order valence-corrected chi connectivity index (χ1v) is 11.7. The lowest BCUT2D eigenvalue weighted by Crippen LogP contribution is -2.35. The zero-order valence-electron chi connectivity index (χ0n) is 17.4. The standard InChI is InChI=1S/C22H25N3O5S/c1-23(15-17-8-4-2-5-9-17)21(26)16-25-19-11-10-18(14-20(19)30-22(25)27)31(28,29)24-12-6-3-7-13-24/h2,4-5,8-11,14H,3,6-7,12-13,15-16H2,1H3. The molecule has 1 aromatic heterocycles. The minimum atomic E-state index is -3.64. The van der Waals surface area contributed by atoms with Crippen molar-refractivity contribution in [1.29, 1.82) is 0 Å². The summed E-state index contributed by atoms with van der Waals surface area (Å²) in [6, 6.07) is 13.9. The molecular weight excluding hydrogens is 418 g/mol. The number of amides is 1. The van der Waals surface area contributed by atoms with Crippen molar-refractivity contribution in [3.63, 3.8) is 0 Å². The number of benzene rings is 2. The molecule has 0 bridgehead atoms. The highest BCUT2D eigenvalue weighted by Gasteiger charge is 2.27. The highest BCUT2D eigenvalue weighted by atomic mass is 32.2. The number of sulfonamides is 1. The first-order chi connectivity index (χ1) is 14.9. The van der Waals surface area contributed by atoms with E-state index in [2.05, 4.69) is 0 Å². The number of hydrogen-bond donors (Lipinski definition) is 0. The van der Waals surface area contributed by atoms with Crippen molar-refractivity contribution in [3.05, 3.63) is 64.6 Å². The van der Waals surface area contributed by atoms with E-state index in [1.165, 1.54) is 32.0 Å². The Balaban J connectivity index is 1.56. The van der Waals surface area contributed by atoms with Crippen molar-refractivity contribution >= 4 is 27.0 Å². The van der Waals surface area contributed by atoms with Crippen LogP contribution in [0.5, 0.6) is 0 Å². The second kappa shape index (κ2) is 8.68. The Bertz CT molecular complexity index is 1240. The predicted octanol–water partition coefficient (Wildman–Crippen LogP) is 2.43. The van der Waals surface area contributed by atoms with Gasteiger partial charge in [0.1, 0.15) is 6.54 Å². The van der Waals surface area contributed by atoms with E-state index in [4.69, 9.17) is 4.42 Å². The van der Waals surface area contributed by atoms with Crippen LogP contribution in [0.15, 0.2) is 62.6 Å². The number of carbonyl (C=O) groups is 1. The summed E-state index contributed by atoms with van der Waals surface area (Å²) in [5.41, 5.74) is 1.53. The summed E-state index contributed by atoms with van der Waals surface area (Å²) in [5.74, 6) is -0.942. The van der Waals surface area contributed by atoms with Gasteiger partial charge in [0.2, 0.25) is 15.9 Å². The van der Waals surface area contributed by atoms with E-state index in [1.54, 1.807) is 7.05 Å². The Morgan fingerprint density at radius 2 is 1.77 bits per heavy atom. The lowest BCUT2D eigenvalue weighted by Gasteiger charge is -2.25. The van der Waals surface area contributed by atoms with Crippen LogP contribution >= 0.6 is 0 Å². The van der Waals surface area contributed by atoms with Crippen LogP contribution in [0.25, 0.3) is 11.1 Å². The molecule has 1 amide bonds. The quantitative estimate of drug-likeness (QED) is 0.583. The van der Waals surface area contributed by atoms with Gasteiger partial charge >= 0.3 is 5.76 Å². The Morgan fingerprint density at radius 3 is 2.48 bits per heavy atom. The van der Waals surface area contributed by atoms with Gasteiger partial charge < -0.3 is 9.32 Å². The maximum Gasteiger partial charge on any atom is 0.420 e. The molecule has 9 heteroatoms. The van der Waals surface area contributed by atoms with Gasteiger partial charge in [-0.25, -0.2) is 13.2 Å². The lowest BCUT2D eigenvalue weighted by atomic mass is 10.2. The number of hydrogen-bond acceptors (Lipinski definition) is 5. The van der Waals surface area contributed by atoms with Crippen molar-refractivity contribution < 1.29 is 17.6 Å². The molecule has 4 rings (SSSR count). The topological polar surface area (TPSA) is 92.8 Å². The number of oxazole rings is 1. The summed E-state index contributed by atoms with van der Waals surface area (Å²) < 4.78 is 33.8. The van der Waals surface area contributed by atoms with Crippen LogP contribution in [0.3, 0.4) is 0 Å². The molecule has 8 nitrogen and oxygen atoms in total. The zero-order valence-corrected chi connectivity index (χ0v) is 18.2. The molecule has 0 atom stereocenters. The van der Waals surface area contributed by atoms with Crippen molar-refractivity contribution in [2.45, 2.75) is 37.2 Å². The van der Waals surface area contributed by atoms with Gasteiger partial charge in [-0.3, -0.25) is 9.36 Å². The molecule has 0 spiro atoms. The SMILES string of the molecule is CN(Cc1ccccc1)C(=O)Cn1c(=O)oc2cc(S(=O)(=O)N3CCCCC3)ccc21. The van der Waals surface area contributed by atoms with Gasteiger partial charge in [0, 0.05) is 32.7 Å². The van der Waals surface area contributed by atoms with Crippen LogP contribution in [0.2, 0.25) is 0 Å². The fourth-order valence-corrected chi connectivity index (χ4v) is 5.35. The van der Waals surface area contributed by atoms with Gasteiger partial charge in [0.15, 0.2) is 5.58 Å². The van der Waals surface area contributed by atoms with E-state index in [1.807, 2.05) is 30.3 Å². The smallest absolute Gasteiger partial charge is 0.408 e. The van der Waals surface area contributed by atoms with Crippen molar-refractivity contribution in [2.24, 2.45) is 0 Å². The van der Waals surface area contributed by atoms with Gasteiger partial charge in [-0.15, -0.1) is 0 Å². The van der Waals surface area contributed by atoms with Gasteiger partial charge in [0.05, 0.1) is 10.4 Å². The minimum Gasteiger partial charge on any atom is -0.408 e. The Labute approximate surface area is 180 Å². The third-order valence-corrected chi connectivity index (χ3v) is 7.47. The summed E-state index contributed by atoms with van der Waals surface area (Å²) in [7, 11) is -1.97. The van der Waals surface area contributed by atoms with Crippen molar-refractivity contribution in [2.75, 3.05) is 20.1 Å². The van der Waals surface area contributed by atoms with Crippen LogP contribution in [0, 0.1) is 0 Å². The first-order valence-electron chi connectivity index (χ1n) is 10.3. The molecule has 3 aromatic rings. The molecule has 0 radical (unpaired) electrons. The normalized spacial score (nSPS) is 15.3. The molecule has 1 aliphatic rings. The number of carbonyl (C=O) groups excluding carboxylic acids is 1. The molecule has 0 unspecified atom stereocenters. The van der Waals surface area contributed by atoms with E-state index in [0.29, 0.717) is 25.2 Å². The number of piperidine rings is 1. The predicted molar refractivity (Wildman–Crippen MR) is 116 cm³/mol. The van der Waals surface area contributed by atoms with Crippen LogP contribution in [0.4, 0.5) is 0 Å². The number of fused-ring (bicyclic) bond motifs is 1. The van der Waals surface area contributed by atoms with Crippen LogP contribution in [0.1, 0.15) is 24.8 Å². The molecule has 0 aliphatic carbocycles. The Hall–Kier alpha value is -2.91. The molecule has 31 heavy (non-hydrogen) atoms. The molecule has 164 valence electrons. The third kappa shape index (κ3) is 4.42. The first kappa shape index (κ1) is 21.3. The van der Waals surface area contributed by atoms with Crippen LogP contribution < -0.4 is 5.76 Å². The summed E-state index contributed by atoms with van der Waals surface area (Å²) in [5, 5.41) is 0. The second-order valence-corrected chi connectivity index (χ2v) is 9.72. The van der Waals surface area contributed by atoms with E-state index >= 15 is 0 Å². The van der Waals surface area contributed by atoms with Crippen LogP contribution in [-0.2, 0) is 27.9 Å². The molecule has 0 saturated carbocycles. The Morgan fingerprint density at radius 1 is 1.06 bits per heavy atom. The summed E-state index contributed by atoms with van der Waals surface area (Å²) in [6.07, 6.45) is 2.70. The fourth-order valence-electron chi connectivity index (χ4n) is 3.81. The summed E-state index contributed by atoms with van der Waals surface area (Å²) in [6.45, 7) is 1.22. The monoisotopic (exact) mass is 443 g/mol. The highest BCUT2D eigenvalue weighted by Crippen LogP contribution is 2.24. The van der Waals surface area contributed by atoms with E-state index < -0.39 is 15.8 Å². The highest BCUT2D eigenvalue weighted by molar-refractivity contribution is 7.89. The van der Waals surface area contributed by atoms with E-state index in [9.17, 15) is 18.0 Å². The number of likely N-dealkylation sites (N-methyl/N-ethyl adjacent to an activating group) is 1. The Kier molecular flexibility index (Phi) is 5.97. The maximum absolute atomic E-state index is 12.9. The number of aromatic nitrogens is 1. The molecule has 2 aromatic carbocycles. The van der Waals surface area contributed by atoms with Gasteiger partial charge in [-0.2, -0.15) is 4.31 Å². The summed E-state index contributed by atoms with van der Waals surface area (Å²) in [4.78, 5) is 26.7. The second-order valence-electron chi connectivity index (χ2n) is 7.78. The minimum absolute atomic E-state index is 0.0929. The number of nitrogens with zero attached hydrogens (tertiary/aromatic N) is 3. The molecule has 1 aliphatic heterocycles. The molecule has 0 N–H and O–H groups in total. The molecule has 2 heterocycles. The van der Waals surface area contributed by atoms with Crippen molar-refractivity contribution in [1.82, 2.24) is 13.8 Å². The maximum atomic E-state index is 12.9. The zero-order chi connectivity index (χ0) is 22.0. The average Bonchev–Trinajstić information content (AvgIpc) is 3.09. The average molecular weight is 444 g/mol.